The van der Waals surface area contributed by atoms with E-state index < -0.39 is 71.6 Å². The molecule has 0 spiro atoms. The standard InChI is InChI=1S/C75H128N20O13/c1-106-49-50-108-46-43-85-66(98)33-20-32-65(97)84-42-34-67(99)94-52-54-22-2-3-23-55(54)68-69(56-24-4-5-31-63(56)94)95(93-92-68)45-48-107-47-44-89-70(100)53(51-64(96)61(90-73(103)59(82)27-8-15-37-78)29-11-18-39-86-71(101)57(80)25-6-13-35-76)21-10-17-41-88-75(105)62(91-74(104)60(83)28-9-16-38-79)30-12-19-40-87-72(102)58(81)26-7-14-36-77/h2-5,22-24,31,53,57-62H,6-21,25-30,32-52,76-83H2,1H3,(H,84,97)(H,85,98)(H,86,101)(H,87,102)(H,88,105)(H,89,100)(H,90,103)(H,91,104)/t53-,57+,58+,59+,60+,61+,62+/m1/s1. The van der Waals surface area contributed by atoms with E-state index in [-0.39, 0.29) is 127 Å². The predicted molar refractivity (Wildman–Crippen MR) is 414 cm³/mol. The highest BCUT2D eigenvalue weighted by molar-refractivity contribution is 6.00. The summed E-state index contributed by atoms with van der Waals surface area (Å²) in [6.45, 7) is 4.93. The first-order valence-corrected chi connectivity index (χ1v) is 38.9. The number of rotatable bonds is 61. The molecule has 4 rings (SSSR count). The highest BCUT2D eigenvalue weighted by Gasteiger charge is 2.32. The summed E-state index contributed by atoms with van der Waals surface area (Å²) in [5.74, 6) is -4.47. The van der Waals surface area contributed by atoms with Crippen molar-refractivity contribution >= 4 is 64.6 Å². The van der Waals surface area contributed by atoms with Crippen molar-refractivity contribution in [3.63, 3.8) is 0 Å². The number of unbranched alkanes of at least 4 members (excludes halogenated alkanes) is 7. The first kappa shape index (κ1) is 92.4. The van der Waals surface area contributed by atoms with E-state index in [0.29, 0.717) is 184 Å². The quantitative estimate of drug-likeness (QED) is 0.0337. The molecule has 606 valence electrons. The molecule has 3 aromatic rings. The zero-order valence-electron chi connectivity index (χ0n) is 63.8. The maximum atomic E-state index is 14.6. The average molecular weight is 1520 g/mol. The lowest BCUT2D eigenvalue weighted by molar-refractivity contribution is -0.132. The number of aromatic nitrogens is 3. The molecule has 0 fully saturated rings. The van der Waals surface area contributed by atoms with E-state index >= 15 is 0 Å². The van der Waals surface area contributed by atoms with E-state index in [1.807, 2.05) is 48.5 Å². The van der Waals surface area contributed by atoms with Crippen LogP contribution in [0.2, 0.25) is 0 Å². The summed E-state index contributed by atoms with van der Waals surface area (Å²) in [6.07, 6.45) is 10.8. The number of nitrogens with one attached hydrogen (secondary N) is 8. The Balaban J connectivity index is 1.47. The zero-order valence-corrected chi connectivity index (χ0v) is 63.8. The lowest BCUT2D eigenvalue weighted by atomic mass is 9.91. The van der Waals surface area contributed by atoms with Gasteiger partial charge >= 0.3 is 0 Å². The summed E-state index contributed by atoms with van der Waals surface area (Å²) in [6, 6.07) is 9.95. The number of Topliss-reactive ketones (excluding diaryl/α,β-unsaturated/α-hetero) is 1. The number of amides is 9. The second kappa shape index (κ2) is 55.4. The van der Waals surface area contributed by atoms with Crippen LogP contribution in [-0.4, -0.2) is 216 Å². The van der Waals surface area contributed by atoms with Gasteiger partial charge in [-0.05, 0) is 147 Å². The fourth-order valence-corrected chi connectivity index (χ4v) is 12.3. The van der Waals surface area contributed by atoms with E-state index in [0.717, 1.165) is 30.4 Å². The van der Waals surface area contributed by atoms with Crippen molar-refractivity contribution in [3.05, 3.63) is 54.1 Å². The number of hydrogen-bond donors (Lipinski definition) is 16. The van der Waals surface area contributed by atoms with Crippen molar-refractivity contribution in [2.75, 3.05) is 110 Å². The molecule has 1 aromatic heterocycles. The van der Waals surface area contributed by atoms with E-state index in [1.165, 1.54) is 0 Å². The Bertz CT molecular complexity index is 3160. The van der Waals surface area contributed by atoms with Crippen LogP contribution < -0.4 is 93.3 Å². The number of nitrogens with two attached hydrogens (primary N) is 8. The summed E-state index contributed by atoms with van der Waals surface area (Å²) in [5.41, 5.74) is 51.5. The number of hydrogen-bond acceptors (Lipinski definition) is 23. The molecule has 1 aliphatic rings. The van der Waals surface area contributed by atoms with E-state index in [1.54, 1.807) is 16.7 Å². The molecule has 108 heavy (non-hydrogen) atoms. The molecule has 0 aliphatic carbocycles. The number of anilines is 1. The van der Waals surface area contributed by atoms with Gasteiger partial charge in [0.15, 0.2) is 5.78 Å². The van der Waals surface area contributed by atoms with Crippen LogP contribution >= 0.6 is 0 Å². The van der Waals surface area contributed by atoms with Crippen LogP contribution in [0.5, 0.6) is 0 Å². The highest BCUT2D eigenvalue weighted by atomic mass is 16.5. The third kappa shape index (κ3) is 36.0. The zero-order chi connectivity index (χ0) is 78.7. The lowest BCUT2D eigenvalue weighted by Crippen LogP contribution is -2.51. The highest BCUT2D eigenvalue weighted by Crippen LogP contribution is 2.41. The molecule has 0 radical (unpaired) electrons. The molecule has 33 heteroatoms. The van der Waals surface area contributed by atoms with Gasteiger partial charge in [-0.1, -0.05) is 79.8 Å². The smallest absolute Gasteiger partial charge is 0.242 e. The summed E-state index contributed by atoms with van der Waals surface area (Å²) in [4.78, 5) is 136. The van der Waals surface area contributed by atoms with Crippen LogP contribution in [-0.2, 0) is 75.2 Å². The van der Waals surface area contributed by atoms with Gasteiger partial charge in [0, 0.05) is 89.1 Å². The first-order valence-electron chi connectivity index (χ1n) is 38.9. The Morgan fingerprint density at radius 1 is 0.444 bits per heavy atom. The molecule has 0 bridgehead atoms. The summed E-state index contributed by atoms with van der Waals surface area (Å²) < 4.78 is 18.2. The van der Waals surface area contributed by atoms with Crippen LogP contribution in [0.15, 0.2) is 48.5 Å². The molecule has 9 amide bonds. The molecule has 2 heterocycles. The van der Waals surface area contributed by atoms with E-state index in [4.69, 9.17) is 60.1 Å². The molecule has 2 aromatic carbocycles. The Hall–Kier alpha value is -7.96. The second-order valence-electron chi connectivity index (χ2n) is 27.4. The van der Waals surface area contributed by atoms with Gasteiger partial charge in [0.2, 0.25) is 53.2 Å². The molecule has 0 saturated heterocycles. The van der Waals surface area contributed by atoms with Crippen LogP contribution in [0.1, 0.15) is 173 Å². The van der Waals surface area contributed by atoms with Crippen molar-refractivity contribution in [2.24, 2.45) is 51.8 Å². The third-order valence-corrected chi connectivity index (χ3v) is 18.6. The van der Waals surface area contributed by atoms with Gasteiger partial charge in [-0.15, -0.1) is 5.10 Å². The number of methoxy groups -OCH3 is 1. The van der Waals surface area contributed by atoms with Gasteiger partial charge in [0.25, 0.3) is 0 Å². The number of benzene rings is 2. The van der Waals surface area contributed by atoms with Crippen LogP contribution in [0.25, 0.3) is 22.5 Å². The van der Waals surface area contributed by atoms with Crippen molar-refractivity contribution < 1.29 is 62.2 Å². The van der Waals surface area contributed by atoms with Crippen LogP contribution in [0.4, 0.5) is 5.69 Å². The van der Waals surface area contributed by atoms with Gasteiger partial charge in [0.05, 0.1) is 87.7 Å². The molecule has 24 N–H and O–H groups in total. The molecule has 0 saturated carbocycles. The number of ether oxygens (including phenoxy) is 3. The summed E-state index contributed by atoms with van der Waals surface area (Å²) >= 11 is 0. The number of nitrogens with zero attached hydrogens (tertiary/aromatic N) is 4. The Kier molecular flexibility index (Phi) is 47.4. The first-order chi connectivity index (χ1) is 52.3. The largest absolute Gasteiger partial charge is 0.382 e. The van der Waals surface area contributed by atoms with Gasteiger partial charge in [-0.3, -0.25) is 47.9 Å². The minimum Gasteiger partial charge on any atom is -0.382 e. The normalized spacial score (nSPS) is 13.7. The molecule has 1 aliphatic heterocycles. The molecular weight excluding hydrogens is 1390 g/mol. The Morgan fingerprint density at radius 3 is 1.47 bits per heavy atom. The second-order valence-corrected chi connectivity index (χ2v) is 27.4. The number of fused-ring (bicyclic) bond motifs is 5. The number of carbonyl (C=O) groups excluding carboxylic acids is 10. The Morgan fingerprint density at radius 2 is 0.907 bits per heavy atom. The van der Waals surface area contributed by atoms with Crippen molar-refractivity contribution in [1.82, 2.24) is 57.5 Å². The van der Waals surface area contributed by atoms with Gasteiger partial charge in [0.1, 0.15) is 11.7 Å². The molecular formula is C75H128N20O13. The molecule has 0 unspecified atom stereocenters. The maximum absolute atomic E-state index is 14.6. The minimum atomic E-state index is -1.03. The number of carbonyl (C=O) groups is 10. The van der Waals surface area contributed by atoms with Gasteiger partial charge in [-0.2, -0.15) is 0 Å². The predicted octanol–water partition coefficient (Wildman–Crippen LogP) is 0.277. The topological polar surface area (TPSA) is 537 Å². The van der Waals surface area contributed by atoms with Crippen molar-refractivity contribution in [2.45, 2.75) is 216 Å². The Labute approximate surface area is 636 Å². The monoisotopic (exact) mass is 1520 g/mol. The summed E-state index contributed by atoms with van der Waals surface area (Å²) in [7, 11) is 1.58. The van der Waals surface area contributed by atoms with Crippen LogP contribution in [0.3, 0.4) is 0 Å². The summed E-state index contributed by atoms with van der Waals surface area (Å²) in [5, 5.41) is 32.1. The number of para-hydroxylation sites is 1. The maximum Gasteiger partial charge on any atom is 0.242 e. The SMILES string of the molecule is COCCOCCNC(=O)CCCC(=O)NCCC(=O)N1Cc2ccccc2-c2nnn(CCOCCNC(=O)[C@H](CCCCNC(=O)[C@H](CCCCNC(=O)[C@@H](N)CCCCN)NC(=O)[C@@H](N)CCCCN)CC(=O)[C@H](CCCCNC(=O)[C@@H](N)CCCCN)NC(=O)[C@@H](N)CCCCN)c2-c2ccccc21. The van der Waals surface area contributed by atoms with Gasteiger partial charge in [-0.25, -0.2) is 4.68 Å². The van der Waals surface area contributed by atoms with E-state index in [9.17, 15) is 47.9 Å². The van der Waals surface area contributed by atoms with Crippen LogP contribution in [0, 0.1) is 5.92 Å². The fourth-order valence-electron chi connectivity index (χ4n) is 12.3. The number of ketones is 1. The lowest BCUT2D eigenvalue weighted by Gasteiger charge is -2.29. The third-order valence-electron chi connectivity index (χ3n) is 18.6. The molecule has 33 nitrogen and oxygen atoms in total. The van der Waals surface area contributed by atoms with Gasteiger partial charge < -0.3 is 108 Å². The van der Waals surface area contributed by atoms with E-state index in [2.05, 4.69) is 52.8 Å². The van der Waals surface area contributed by atoms with Crippen molar-refractivity contribution in [1.29, 1.82) is 0 Å². The fraction of sp³-hybridized carbons (Fsp3) is 0.680. The van der Waals surface area contributed by atoms with Crippen molar-refractivity contribution in [3.8, 4) is 22.5 Å². The molecule has 7 atom stereocenters. The average Bonchev–Trinajstić information content (AvgIpc) is 1.51. The minimum absolute atomic E-state index is 0.00382.